The highest BCUT2D eigenvalue weighted by Crippen LogP contribution is 2.06. The maximum atomic E-state index is 13.2. The second-order valence-corrected chi connectivity index (χ2v) is 5.20. The molecule has 2 rings (SSSR count). The molecule has 1 heterocycles. The topological polar surface area (TPSA) is 57.2 Å². The van der Waals surface area contributed by atoms with Gasteiger partial charge >= 0.3 is 6.09 Å². The summed E-state index contributed by atoms with van der Waals surface area (Å²) in [5.74, 6) is 0.500. The number of nitrogens with one attached hydrogen (secondary N) is 1. The summed E-state index contributed by atoms with van der Waals surface area (Å²) in [4.78, 5) is 19.7. The Bertz CT molecular complexity index is 557. The van der Waals surface area contributed by atoms with E-state index in [1.807, 2.05) is 6.07 Å². The Hall–Kier alpha value is -2.31. The van der Waals surface area contributed by atoms with E-state index in [1.165, 1.54) is 12.1 Å². The molecule has 1 aromatic carbocycles. The van der Waals surface area contributed by atoms with Gasteiger partial charge in [0.1, 0.15) is 5.82 Å². The molecule has 126 valence electrons. The Morgan fingerprint density at radius 1 is 1.30 bits per heavy atom. The summed E-state index contributed by atoms with van der Waals surface area (Å²) in [5.41, 5.74) is 0.858. The number of rotatable bonds is 3. The predicted octanol–water partition coefficient (Wildman–Crippen LogP) is 1.68. The molecule has 0 unspecified atom stereocenters. The zero-order chi connectivity index (χ0) is 16.7. The van der Waals surface area contributed by atoms with Crippen LogP contribution in [-0.2, 0) is 11.3 Å². The first-order valence-electron chi connectivity index (χ1n) is 7.75. The van der Waals surface area contributed by atoms with Gasteiger partial charge in [0.15, 0.2) is 5.96 Å². The van der Waals surface area contributed by atoms with E-state index in [9.17, 15) is 9.18 Å². The highest BCUT2D eigenvalue weighted by Gasteiger charge is 2.23. The Balaban J connectivity index is 1.84. The van der Waals surface area contributed by atoms with Gasteiger partial charge in [0, 0.05) is 39.8 Å². The molecule has 23 heavy (non-hydrogen) atoms. The third-order valence-corrected chi connectivity index (χ3v) is 3.66. The second-order valence-electron chi connectivity index (χ2n) is 5.20. The molecule has 1 amide bonds. The molecule has 0 aliphatic carbocycles. The number of carbonyl (C=O) groups is 1. The molecule has 0 saturated carbocycles. The van der Waals surface area contributed by atoms with Crippen molar-refractivity contribution in [3.05, 3.63) is 35.6 Å². The van der Waals surface area contributed by atoms with Crippen molar-refractivity contribution < 1.29 is 13.9 Å². The number of benzene rings is 1. The molecule has 1 aromatic rings. The minimum Gasteiger partial charge on any atom is -0.450 e. The van der Waals surface area contributed by atoms with Gasteiger partial charge in [-0.25, -0.2) is 9.18 Å². The number of guanidine groups is 1. The molecule has 0 radical (unpaired) electrons. The largest absolute Gasteiger partial charge is 0.450 e. The van der Waals surface area contributed by atoms with Crippen molar-refractivity contribution in [2.45, 2.75) is 13.5 Å². The maximum absolute atomic E-state index is 13.2. The number of carbonyl (C=O) groups excluding carboxylic acids is 1. The fourth-order valence-corrected chi connectivity index (χ4v) is 2.48. The van der Waals surface area contributed by atoms with Gasteiger partial charge in [-0.2, -0.15) is 0 Å². The van der Waals surface area contributed by atoms with Crippen LogP contribution >= 0.6 is 0 Å². The maximum Gasteiger partial charge on any atom is 0.409 e. The second kappa shape index (κ2) is 8.36. The van der Waals surface area contributed by atoms with E-state index >= 15 is 0 Å². The molecule has 7 heteroatoms. The first kappa shape index (κ1) is 17.1. The fourth-order valence-electron chi connectivity index (χ4n) is 2.48. The zero-order valence-corrected chi connectivity index (χ0v) is 13.6. The van der Waals surface area contributed by atoms with Gasteiger partial charge in [-0.3, -0.25) is 4.99 Å². The molecule has 6 nitrogen and oxygen atoms in total. The molecule has 0 bridgehead atoms. The molecule has 0 spiro atoms. The van der Waals surface area contributed by atoms with Crippen LogP contribution < -0.4 is 5.32 Å². The van der Waals surface area contributed by atoms with Crippen molar-refractivity contribution in [1.29, 1.82) is 0 Å². The van der Waals surface area contributed by atoms with Gasteiger partial charge in [-0.1, -0.05) is 12.1 Å². The average Bonchev–Trinajstić information content (AvgIpc) is 2.56. The average molecular weight is 322 g/mol. The van der Waals surface area contributed by atoms with Crippen molar-refractivity contribution >= 4 is 12.1 Å². The molecule has 1 aliphatic rings. The van der Waals surface area contributed by atoms with Gasteiger partial charge in [-0.15, -0.1) is 0 Å². The van der Waals surface area contributed by atoms with Crippen LogP contribution in [0.15, 0.2) is 29.3 Å². The third-order valence-electron chi connectivity index (χ3n) is 3.66. The van der Waals surface area contributed by atoms with Crippen LogP contribution in [0.2, 0.25) is 0 Å². The van der Waals surface area contributed by atoms with Crippen molar-refractivity contribution in [3.63, 3.8) is 0 Å². The van der Waals surface area contributed by atoms with Gasteiger partial charge in [0.25, 0.3) is 0 Å². The van der Waals surface area contributed by atoms with E-state index in [0.717, 1.165) is 11.5 Å². The van der Waals surface area contributed by atoms with Crippen molar-refractivity contribution in [2.75, 3.05) is 39.8 Å². The van der Waals surface area contributed by atoms with Crippen molar-refractivity contribution in [3.8, 4) is 0 Å². The van der Waals surface area contributed by atoms with E-state index < -0.39 is 0 Å². The third kappa shape index (κ3) is 4.84. The standard InChI is InChI=1S/C16H23FN4O2/c1-3-23-16(22)21-9-7-20(8-10-21)15(18-2)19-12-13-5-4-6-14(17)11-13/h4-6,11H,3,7-10,12H2,1-2H3,(H,18,19). The Morgan fingerprint density at radius 2 is 2.00 bits per heavy atom. The van der Waals surface area contributed by atoms with Crippen LogP contribution in [0.5, 0.6) is 0 Å². The molecule has 1 fully saturated rings. The van der Waals surface area contributed by atoms with E-state index in [4.69, 9.17) is 4.74 Å². The Morgan fingerprint density at radius 3 is 2.61 bits per heavy atom. The lowest BCUT2D eigenvalue weighted by atomic mass is 10.2. The number of piperazine rings is 1. The number of hydrogen-bond donors (Lipinski definition) is 1. The summed E-state index contributed by atoms with van der Waals surface area (Å²) in [7, 11) is 1.71. The molecule has 1 saturated heterocycles. The summed E-state index contributed by atoms with van der Waals surface area (Å²) < 4.78 is 18.2. The summed E-state index contributed by atoms with van der Waals surface area (Å²) in [5, 5.41) is 3.23. The lowest BCUT2D eigenvalue weighted by Gasteiger charge is -2.35. The van der Waals surface area contributed by atoms with Crippen LogP contribution in [0.1, 0.15) is 12.5 Å². The van der Waals surface area contributed by atoms with Crippen molar-refractivity contribution in [1.82, 2.24) is 15.1 Å². The Labute approximate surface area is 135 Å². The van der Waals surface area contributed by atoms with Gasteiger partial charge in [0.05, 0.1) is 6.61 Å². The van der Waals surface area contributed by atoms with E-state index in [1.54, 1.807) is 24.9 Å². The first-order chi connectivity index (χ1) is 11.1. The quantitative estimate of drug-likeness (QED) is 0.679. The molecule has 0 atom stereocenters. The summed E-state index contributed by atoms with van der Waals surface area (Å²) in [6, 6.07) is 6.47. The minimum absolute atomic E-state index is 0.248. The number of nitrogens with zero attached hydrogens (tertiary/aromatic N) is 3. The van der Waals surface area contributed by atoms with E-state index in [0.29, 0.717) is 39.3 Å². The fraction of sp³-hybridized carbons (Fsp3) is 0.500. The zero-order valence-electron chi connectivity index (χ0n) is 13.6. The number of aliphatic imine (C=N–C) groups is 1. The molecule has 0 aromatic heterocycles. The predicted molar refractivity (Wildman–Crippen MR) is 86.8 cm³/mol. The molecule has 1 N–H and O–H groups in total. The number of halogens is 1. The normalized spacial score (nSPS) is 15.5. The van der Waals surface area contributed by atoms with Crippen LogP contribution in [0.25, 0.3) is 0 Å². The molecular weight excluding hydrogens is 299 g/mol. The molecule has 1 aliphatic heterocycles. The Kier molecular flexibility index (Phi) is 6.19. The summed E-state index contributed by atoms with van der Waals surface area (Å²) >= 11 is 0. The highest BCUT2D eigenvalue weighted by molar-refractivity contribution is 5.80. The van der Waals surface area contributed by atoms with Gasteiger partial charge < -0.3 is 19.9 Å². The lowest BCUT2D eigenvalue weighted by molar-refractivity contribution is 0.0914. The van der Waals surface area contributed by atoms with Crippen LogP contribution in [0, 0.1) is 5.82 Å². The van der Waals surface area contributed by atoms with E-state index in [2.05, 4.69) is 15.2 Å². The highest BCUT2D eigenvalue weighted by atomic mass is 19.1. The summed E-state index contributed by atoms with van der Waals surface area (Å²) in [6.07, 6.45) is -0.269. The lowest BCUT2D eigenvalue weighted by Crippen LogP contribution is -2.53. The van der Waals surface area contributed by atoms with Crippen LogP contribution in [-0.4, -0.2) is 61.7 Å². The SMILES string of the molecule is CCOC(=O)N1CCN(C(=NC)NCc2cccc(F)c2)CC1. The molecular formula is C16H23FN4O2. The smallest absolute Gasteiger partial charge is 0.409 e. The van der Waals surface area contributed by atoms with Gasteiger partial charge in [0.2, 0.25) is 0 Å². The number of amides is 1. The van der Waals surface area contributed by atoms with Crippen LogP contribution in [0.3, 0.4) is 0 Å². The van der Waals surface area contributed by atoms with Crippen LogP contribution in [0.4, 0.5) is 9.18 Å². The van der Waals surface area contributed by atoms with E-state index in [-0.39, 0.29) is 11.9 Å². The number of hydrogen-bond acceptors (Lipinski definition) is 3. The summed E-state index contributed by atoms with van der Waals surface area (Å²) in [6.45, 7) is 5.24. The van der Waals surface area contributed by atoms with Gasteiger partial charge in [-0.05, 0) is 24.6 Å². The monoisotopic (exact) mass is 322 g/mol. The first-order valence-corrected chi connectivity index (χ1v) is 7.75. The number of ether oxygens (including phenoxy) is 1. The minimum atomic E-state index is -0.269. The van der Waals surface area contributed by atoms with Crippen molar-refractivity contribution in [2.24, 2.45) is 4.99 Å².